The third kappa shape index (κ3) is 4.64. The molecule has 0 bridgehead atoms. The summed E-state index contributed by atoms with van der Waals surface area (Å²) in [4.78, 5) is 11.0. The van der Waals surface area contributed by atoms with Crippen LogP contribution in [0.3, 0.4) is 0 Å². The zero-order chi connectivity index (χ0) is 11.8. The highest BCUT2D eigenvalue weighted by atomic mass is 35.5. The number of benzene rings is 1. The number of hydrogen-bond donors (Lipinski definition) is 0. The maximum absolute atomic E-state index is 11.0. The molecule has 0 amide bonds. The molecule has 16 heavy (non-hydrogen) atoms. The lowest BCUT2D eigenvalue weighted by Gasteiger charge is -2.05. The minimum atomic E-state index is -0.235. The molecule has 4 heteroatoms. The van der Waals surface area contributed by atoms with E-state index in [-0.39, 0.29) is 12.4 Å². The lowest BCUT2D eigenvalue weighted by Crippen LogP contribution is -2.08. The molecular formula is C12H15ClO3. The summed E-state index contributed by atoms with van der Waals surface area (Å²) in [6.07, 6.45) is 0.276. The predicted molar refractivity (Wildman–Crippen MR) is 62.4 cm³/mol. The first kappa shape index (κ1) is 13.0. The summed E-state index contributed by atoms with van der Waals surface area (Å²) in [5, 5.41) is 0.679. The van der Waals surface area contributed by atoms with Crippen molar-refractivity contribution in [2.45, 2.75) is 20.0 Å². The molecule has 0 aliphatic carbocycles. The maximum atomic E-state index is 11.0. The molecule has 1 rings (SSSR count). The third-order valence-corrected chi connectivity index (χ3v) is 2.34. The van der Waals surface area contributed by atoms with Gasteiger partial charge in [-0.1, -0.05) is 29.8 Å². The zero-order valence-electron chi connectivity index (χ0n) is 9.24. The Balaban J connectivity index is 2.21. The Morgan fingerprint density at radius 2 is 2.12 bits per heavy atom. The molecule has 0 spiro atoms. The maximum Gasteiger partial charge on any atom is 0.308 e. The molecule has 0 N–H and O–H groups in total. The van der Waals surface area contributed by atoms with Crippen LogP contribution in [0, 0.1) is 0 Å². The van der Waals surface area contributed by atoms with Gasteiger partial charge in [0.05, 0.1) is 26.2 Å². The van der Waals surface area contributed by atoms with Gasteiger partial charge in [0.15, 0.2) is 0 Å². The van der Waals surface area contributed by atoms with Crippen LogP contribution in [0.4, 0.5) is 0 Å². The molecule has 0 saturated heterocycles. The first-order valence-corrected chi connectivity index (χ1v) is 5.58. The van der Waals surface area contributed by atoms with Gasteiger partial charge in [0.2, 0.25) is 0 Å². The first-order chi connectivity index (χ1) is 7.74. The molecular weight excluding hydrogens is 228 g/mol. The molecule has 0 aliphatic rings. The Morgan fingerprint density at radius 3 is 2.81 bits per heavy atom. The summed E-state index contributed by atoms with van der Waals surface area (Å²) in [7, 11) is 0. The van der Waals surface area contributed by atoms with E-state index in [1.165, 1.54) is 0 Å². The first-order valence-electron chi connectivity index (χ1n) is 5.20. The molecule has 1 aromatic carbocycles. The largest absolute Gasteiger partial charge is 0.466 e. The van der Waals surface area contributed by atoms with Gasteiger partial charge >= 0.3 is 5.97 Å². The Kier molecular flexibility index (Phi) is 5.90. The molecule has 0 aliphatic heterocycles. The quantitative estimate of drug-likeness (QED) is 0.568. The normalized spacial score (nSPS) is 10.1. The number of halogens is 1. The molecule has 0 radical (unpaired) electrons. The number of carbonyl (C=O) groups excluding carboxylic acids is 1. The van der Waals surface area contributed by atoms with Gasteiger partial charge in [0.25, 0.3) is 0 Å². The van der Waals surface area contributed by atoms with E-state index in [0.717, 1.165) is 5.56 Å². The Bertz CT molecular complexity index is 339. The molecule has 0 saturated carbocycles. The van der Waals surface area contributed by atoms with Gasteiger partial charge in [0, 0.05) is 5.02 Å². The fourth-order valence-corrected chi connectivity index (χ4v) is 1.38. The van der Waals surface area contributed by atoms with Crippen LogP contribution >= 0.6 is 11.6 Å². The van der Waals surface area contributed by atoms with Gasteiger partial charge in [-0.25, -0.2) is 0 Å². The number of carbonyl (C=O) groups is 1. The van der Waals surface area contributed by atoms with Crippen molar-refractivity contribution in [3.05, 3.63) is 34.9 Å². The van der Waals surface area contributed by atoms with Crippen LogP contribution in [-0.2, 0) is 20.9 Å². The molecule has 0 aromatic heterocycles. The van der Waals surface area contributed by atoms with E-state index in [1.807, 2.05) is 24.3 Å². The van der Waals surface area contributed by atoms with Crippen molar-refractivity contribution in [1.82, 2.24) is 0 Å². The van der Waals surface area contributed by atoms with Gasteiger partial charge in [0.1, 0.15) is 0 Å². The monoisotopic (exact) mass is 242 g/mol. The van der Waals surface area contributed by atoms with Crippen molar-refractivity contribution in [2.75, 3.05) is 13.2 Å². The fourth-order valence-electron chi connectivity index (χ4n) is 1.19. The van der Waals surface area contributed by atoms with E-state index in [4.69, 9.17) is 21.1 Å². The van der Waals surface area contributed by atoms with Crippen molar-refractivity contribution in [3.8, 4) is 0 Å². The van der Waals surface area contributed by atoms with E-state index < -0.39 is 0 Å². The average Bonchev–Trinajstić information content (AvgIpc) is 2.27. The Morgan fingerprint density at radius 1 is 1.38 bits per heavy atom. The zero-order valence-corrected chi connectivity index (χ0v) is 10.00. The van der Waals surface area contributed by atoms with E-state index >= 15 is 0 Å². The summed E-state index contributed by atoms with van der Waals surface area (Å²) in [5.41, 5.74) is 0.924. The van der Waals surface area contributed by atoms with Gasteiger partial charge in [-0.3, -0.25) is 4.79 Å². The van der Waals surface area contributed by atoms with Crippen LogP contribution in [0.1, 0.15) is 18.9 Å². The van der Waals surface area contributed by atoms with Crippen molar-refractivity contribution in [1.29, 1.82) is 0 Å². The number of rotatable bonds is 6. The SMILES string of the molecule is CCOC(=O)CCOCc1ccccc1Cl. The molecule has 0 unspecified atom stereocenters. The molecule has 88 valence electrons. The van der Waals surface area contributed by atoms with E-state index in [0.29, 0.717) is 24.8 Å². The molecule has 0 atom stereocenters. The molecule has 0 heterocycles. The van der Waals surface area contributed by atoms with E-state index in [9.17, 15) is 4.79 Å². The summed E-state index contributed by atoms with van der Waals surface area (Å²) < 4.78 is 10.1. The van der Waals surface area contributed by atoms with Gasteiger partial charge < -0.3 is 9.47 Å². The highest BCUT2D eigenvalue weighted by molar-refractivity contribution is 6.31. The van der Waals surface area contributed by atoms with Crippen molar-refractivity contribution < 1.29 is 14.3 Å². The van der Waals surface area contributed by atoms with E-state index in [1.54, 1.807) is 6.92 Å². The Hall–Kier alpha value is -1.06. The minimum absolute atomic E-state index is 0.235. The summed E-state index contributed by atoms with van der Waals surface area (Å²) in [6, 6.07) is 7.47. The van der Waals surface area contributed by atoms with E-state index in [2.05, 4.69) is 0 Å². The average molecular weight is 243 g/mol. The third-order valence-electron chi connectivity index (χ3n) is 1.97. The van der Waals surface area contributed by atoms with Crippen LogP contribution in [-0.4, -0.2) is 19.2 Å². The second-order valence-corrected chi connectivity index (χ2v) is 3.61. The predicted octanol–water partition coefficient (Wildman–Crippen LogP) is 2.81. The topological polar surface area (TPSA) is 35.5 Å². The lowest BCUT2D eigenvalue weighted by molar-refractivity contribution is -0.144. The highest BCUT2D eigenvalue weighted by Crippen LogP contribution is 2.15. The van der Waals surface area contributed by atoms with Crippen LogP contribution in [0.15, 0.2) is 24.3 Å². The fraction of sp³-hybridized carbons (Fsp3) is 0.417. The smallest absolute Gasteiger partial charge is 0.308 e. The number of ether oxygens (including phenoxy) is 2. The second kappa shape index (κ2) is 7.25. The summed E-state index contributed by atoms with van der Waals surface area (Å²) >= 11 is 5.94. The van der Waals surface area contributed by atoms with Crippen LogP contribution in [0.5, 0.6) is 0 Å². The molecule has 0 fully saturated rings. The number of esters is 1. The number of hydrogen-bond acceptors (Lipinski definition) is 3. The minimum Gasteiger partial charge on any atom is -0.466 e. The molecule has 3 nitrogen and oxygen atoms in total. The standard InChI is InChI=1S/C12H15ClO3/c1-2-16-12(14)7-8-15-9-10-5-3-4-6-11(10)13/h3-6H,2,7-9H2,1H3. The Labute approximate surface area is 100 Å². The van der Waals surface area contributed by atoms with Gasteiger partial charge in [-0.05, 0) is 18.6 Å². The van der Waals surface area contributed by atoms with Crippen molar-refractivity contribution in [3.63, 3.8) is 0 Å². The lowest BCUT2D eigenvalue weighted by atomic mass is 10.2. The van der Waals surface area contributed by atoms with Gasteiger partial charge in [-0.2, -0.15) is 0 Å². The molecule has 1 aromatic rings. The summed E-state index contributed by atoms with van der Waals surface area (Å²) in [5.74, 6) is -0.235. The van der Waals surface area contributed by atoms with Crippen LogP contribution in [0.2, 0.25) is 5.02 Å². The van der Waals surface area contributed by atoms with Crippen molar-refractivity contribution in [2.24, 2.45) is 0 Å². The van der Waals surface area contributed by atoms with Crippen LogP contribution < -0.4 is 0 Å². The van der Waals surface area contributed by atoms with Crippen LogP contribution in [0.25, 0.3) is 0 Å². The summed E-state index contributed by atoms with van der Waals surface area (Å²) in [6.45, 7) is 2.95. The highest BCUT2D eigenvalue weighted by Gasteiger charge is 2.02. The second-order valence-electron chi connectivity index (χ2n) is 3.20. The van der Waals surface area contributed by atoms with Crippen molar-refractivity contribution >= 4 is 17.6 Å². The van der Waals surface area contributed by atoms with Gasteiger partial charge in [-0.15, -0.1) is 0 Å².